The number of pyridine rings is 1. The van der Waals surface area contributed by atoms with Gasteiger partial charge in [0.2, 0.25) is 0 Å². The van der Waals surface area contributed by atoms with Crippen molar-refractivity contribution in [2.75, 3.05) is 6.61 Å². The number of rotatable bonds is 8. The summed E-state index contributed by atoms with van der Waals surface area (Å²) in [5.41, 5.74) is 5.32. The van der Waals surface area contributed by atoms with Crippen molar-refractivity contribution in [2.45, 2.75) is 53.5 Å². The van der Waals surface area contributed by atoms with Crippen LogP contribution in [0.4, 0.5) is 5.82 Å². The molecule has 3 aromatic rings. The van der Waals surface area contributed by atoms with E-state index in [2.05, 4.69) is 34.9 Å². The third-order valence-electron chi connectivity index (χ3n) is 5.31. The lowest BCUT2D eigenvalue weighted by Gasteiger charge is -2.07. The average Bonchev–Trinajstić information content (AvgIpc) is 3.17. The normalized spacial score (nSPS) is 11.5. The molecule has 3 rings (SSSR count). The Bertz CT molecular complexity index is 1250. The predicted octanol–water partition coefficient (Wildman–Crippen LogP) is 7.08. The van der Waals surface area contributed by atoms with E-state index in [9.17, 15) is 4.79 Å². The quantitative estimate of drug-likeness (QED) is 0.212. The number of benzene rings is 1. The van der Waals surface area contributed by atoms with E-state index < -0.39 is 0 Å². The van der Waals surface area contributed by atoms with Crippen LogP contribution < -0.4 is 0 Å². The molecule has 0 unspecified atom stereocenters. The zero-order valence-electron chi connectivity index (χ0n) is 19.9. The van der Waals surface area contributed by atoms with Crippen LogP contribution in [0.5, 0.6) is 0 Å². The lowest BCUT2D eigenvalue weighted by Crippen LogP contribution is -2.06. The summed E-state index contributed by atoms with van der Waals surface area (Å²) in [6.07, 6.45) is 7.69. The smallest absolute Gasteiger partial charge is 0.338 e. The van der Waals surface area contributed by atoms with Crippen molar-refractivity contribution in [1.29, 1.82) is 0 Å². The molecule has 0 saturated heterocycles. The fourth-order valence-corrected chi connectivity index (χ4v) is 3.51. The van der Waals surface area contributed by atoms with Gasteiger partial charge < -0.3 is 9.58 Å². The number of fused-ring (bicyclic) bond motifs is 1. The first-order valence-electron chi connectivity index (χ1n) is 11.1. The molecule has 6 heteroatoms. The minimum absolute atomic E-state index is 0.148. The monoisotopic (exact) mass is 442 g/mol. The third kappa shape index (κ3) is 5.95. The number of hydrogen-bond donors (Lipinski definition) is 0. The Kier molecular flexibility index (Phi) is 7.78. The second-order valence-corrected chi connectivity index (χ2v) is 8.60. The molecule has 1 aromatic carbocycles. The molecule has 33 heavy (non-hydrogen) atoms. The SMILES string of the molecule is [C-]#[N+]c1nn(C(C)C)c2ccc(-c3cc(C(=O)OC/C=C(\C)CCC=C(C)C)ccn3)cc12. The number of aromatic nitrogens is 3. The Morgan fingerprint density at radius 2 is 1.97 bits per heavy atom. The van der Waals surface area contributed by atoms with E-state index in [4.69, 9.17) is 11.3 Å². The van der Waals surface area contributed by atoms with Crippen molar-refractivity contribution in [3.8, 4) is 11.3 Å². The van der Waals surface area contributed by atoms with Crippen LogP contribution in [0, 0.1) is 6.57 Å². The first-order valence-corrected chi connectivity index (χ1v) is 11.1. The van der Waals surface area contributed by atoms with Gasteiger partial charge in [0.05, 0.1) is 22.8 Å². The molecule has 0 aliphatic rings. The van der Waals surface area contributed by atoms with E-state index in [0.29, 0.717) is 17.1 Å². The number of nitrogens with zero attached hydrogens (tertiary/aromatic N) is 4. The average molecular weight is 443 g/mol. The van der Waals surface area contributed by atoms with Crippen molar-refractivity contribution in [3.05, 3.63) is 76.8 Å². The second-order valence-electron chi connectivity index (χ2n) is 8.60. The molecule has 0 N–H and O–H groups in total. The Morgan fingerprint density at radius 1 is 1.18 bits per heavy atom. The van der Waals surface area contributed by atoms with Gasteiger partial charge >= 0.3 is 11.8 Å². The van der Waals surface area contributed by atoms with Gasteiger partial charge in [0, 0.05) is 11.6 Å². The van der Waals surface area contributed by atoms with Crippen molar-refractivity contribution >= 4 is 22.7 Å². The molecular weight excluding hydrogens is 412 g/mol. The summed E-state index contributed by atoms with van der Waals surface area (Å²) < 4.78 is 7.29. The van der Waals surface area contributed by atoms with E-state index in [1.807, 2.05) is 49.7 Å². The highest BCUT2D eigenvalue weighted by Gasteiger charge is 2.16. The molecule has 2 heterocycles. The Morgan fingerprint density at radius 3 is 2.67 bits per heavy atom. The van der Waals surface area contributed by atoms with Crippen LogP contribution >= 0.6 is 0 Å². The zero-order valence-corrected chi connectivity index (χ0v) is 19.9. The highest BCUT2D eigenvalue weighted by Crippen LogP contribution is 2.31. The topological polar surface area (TPSA) is 61.4 Å². The van der Waals surface area contributed by atoms with Crippen molar-refractivity contribution in [3.63, 3.8) is 0 Å². The fourth-order valence-electron chi connectivity index (χ4n) is 3.51. The first kappa shape index (κ1) is 23.9. The van der Waals surface area contributed by atoms with Crippen LogP contribution in [0.15, 0.2) is 59.8 Å². The minimum Gasteiger partial charge on any atom is -0.458 e. The number of esters is 1. The maximum atomic E-state index is 12.6. The van der Waals surface area contributed by atoms with Crippen molar-refractivity contribution in [1.82, 2.24) is 14.8 Å². The molecule has 0 atom stereocenters. The van der Waals surface area contributed by atoms with Gasteiger partial charge in [0.1, 0.15) is 6.61 Å². The summed E-state index contributed by atoms with van der Waals surface area (Å²) in [4.78, 5) is 20.6. The summed E-state index contributed by atoms with van der Waals surface area (Å²) in [6, 6.07) is 9.31. The third-order valence-corrected chi connectivity index (χ3v) is 5.31. The van der Waals surface area contributed by atoms with Gasteiger partial charge in [-0.2, -0.15) is 4.68 Å². The molecule has 2 aromatic heterocycles. The van der Waals surface area contributed by atoms with Gasteiger partial charge in [-0.15, -0.1) is 0 Å². The molecule has 0 aliphatic carbocycles. The highest BCUT2D eigenvalue weighted by atomic mass is 16.5. The van der Waals surface area contributed by atoms with Gasteiger partial charge in [0.25, 0.3) is 0 Å². The molecular formula is C27H30N4O2. The van der Waals surface area contributed by atoms with Crippen LogP contribution in [0.3, 0.4) is 0 Å². The summed E-state index contributed by atoms with van der Waals surface area (Å²) in [5, 5.41) is 5.20. The first-order chi connectivity index (χ1) is 15.8. The second kappa shape index (κ2) is 10.7. The van der Waals surface area contributed by atoms with E-state index >= 15 is 0 Å². The molecule has 6 nitrogen and oxygen atoms in total. The maximum Gasteiger partial charge on any atom is 0.338 e. The molecule has 0 radical (unpaired) electrons. The molecule has 0 fully saturated rings. The summed E-state index contributed by atoms with van der Waals surface area (Å²) >= 11 is 0. The Labute approximate surface area is 195 Å². The van der Waals surface area contributed by atoms with Crippen LogP contribution in [0.1, 0.15) is 63.9 Å². The molecule has 0 aliphatic heterocycles. The van der Waals surface area contributed by atoms with Gasteiger partial charge in [0.15, 0.2) is 0 Å². The Hall–Kier alpha value is -3.72. The van der Waals surface area contributed by atoms with E-state index in [-0.39, 0.29) is 18.6 Å². The van der Waals surface area contributed by atoms with Crippen molar-refractivity contribution < 1.29 is 9.53 Å². The molecule has 0 spiro atoms. The Balaban J connectivity index is 1.75. The van der Waals surface area contributed by atoms with Gasteiger partial charge in [-0.05, 0) is 82.4 Å². The molecule has 0 amide bonds. The molecule has 0 bridgehead atoms. The standard InChI is InChI=1S/C27H30N4O2/c1-18(2)8-7-9-20(5)13-15-33-27(32)22-12-14-29-24(17-22)21-10-11-25-23(16-21)26(28-6)30-31(25)19(3)4/h8,10-14,16-17,19H,7,9,15H2,1-5H3/b20-13+. The highest BCUT2D eigenvalue weighted by molar-refractivity contribution is 5.95. The number of carbonyl (C=O) groups excluding carboxylic acids is 1. The molecule has 0 saturated carbocycles. The van der Waals surface area contributed by atoms with Gasteiger partial charge in [-0.1, -0.05) is 35.9 Å². The number of ether oxygens (including phenoxy) is 1. The lowest BCUT2D eigenvalue weighted by molar-refractivity contribution is 0.0549. The van der Waals surface area contributed by atoms with E-state index in [1.54, 1.807) is 18.3 Å². The summed E-state index contributed by atoms with van der Waals surface area (Å²) in [6.45, 7) is 18.0. The largest absolute Gasteiger partial charge is 0.458 e. The van der Waals surface area contributed by atoms with Crippen LogP contribution in [-0.4, -0.2) is 27.3 Å². The minimum atomic E-state index is -0.387. The van der Waals surface area contributed by atoms with Crippen LogP contribution in [-0.2, 0) is 4.74 Å². The predicted molar refractivity (Wildman–Crippen MR) is 132 cm³/mol. The van der Waals surface area contributed by atoms with Crippen LogP contribution in [0.2, 0.25) is 0 Å². The lowest BCUT2D eigenvalue weighted by atomic mass is 10.1. The fraction of sp³-hybridized carbons (Fsp3) is 0.333. The summed E-state index contributed by atoms with van der Waals surface area (Å²) in [5.74, 6) is -0.0228. The van der Waals surface area contributed by atoms with E-state index in [0.717, 1.165) is 29.3 Å². The van der Waals surface area contributed by atoms with E-state index in [1.165, 1.54) is 11.1 Å². The van der Waals surface area contributed by atoms with Gasteiger partial charge in [-0.3, -0.25) is 4.98 Å². The number of carbonyl (C=O) groups is 1. The number of allylic oxidation sites excluding steroid dienone is 3. The maximum absolute atomic E-state index is 12.6. The number of hydrogen-bond acceptors (Lipinski definition) is 4. The zero-order chi connectivity index (χ0) is 24.0. The van der Waals surface area contributed by atoms with Crippen molar-refractivity contribution in [2.24, 2.45) is 0 Å². The summed E-state index contributed by atoms with van der Waals surface area (Å²) in [7, 11) is 0. The van der Waals surface area contributed by atoms with Crippen LogP contribution in [0.25, 0.3) is 27.0 Å². The molecule has 170 valence electrons. The van der Waals surface area contributed by atoms with Gasteiger partial charge in [-0.25, -0.2) is 4.79 Å².